The van der Waals surface area contributed by atoms with Gasteiger partial charge in [0, 0.05) is 23.6 Å². The molecule has 0 aliphatic carbocycles. The number of nitrogens with zero attached hydrogens (tertiary/aromatic N) is 3. The van der Waals surface area contributed by atoms with Crippen LogP contribution < -0.4 is 5.32 Å². The van der Waals surface area contributed by atoms with Crippen molar-refractivity contribution in [1.29, 1.82) is 0 Å². The second-order valence-electron chi connectivity index (χ2n) is 5.94. The highest BCUT2D eigenvalue weighted by atomic mass is 16.1. The number of amides is 1. The molecule has 116 valence electrons. The Hall–Kier alpha value is -2.89. The lowest BCUT2D eigenvalue weighted by molar-refractivity contribution is -0.116. The van der Waals surface area contributed by atoms with Crippen LogP contribution in [-0.2, 0) is 4.79 Å². The fourth-order valence-electron chi connectivity index (χ4n) is 3.21. The number of hydrogen-bond donors (Lipinski definition) is 2. The Morgan fingerprint density at radius 2 is 2.13 bits per heavy atom. The first-order chi connectivity index (χ1) is 11.1. The van der Waals surface area contributed by atoms with E-state index in [1.807, 2.05) is 30.7 Å². The number of benzene rings is 1. The Labute approximate surface area is 133 Å². The number of hydrogen-bond acceptors (Lipinski definition) is 3. The number of nitrogens with one attached hydrogen (secondary N) is 2. The summed E-state index contributed by atoms with van der Waals surface area (Å²) in [5.74, 6) is 0.709. The van der Waals surface area contributed by atoms with Crippen LogP contribution in [0.1, 0.15) is 34.9 Å². The maximum absolute atomic E-state index is 11.9. The summed E-state index contributed by atoms with van der Waals surface area (Å²) in [4.78, 5) is 11.9. The van der Waals surface area contributed by atoms with Crippen LogP contribution in [0.3, 0.4) is 0 Å². The maximum atomic E-state index is 11.9. The summed E-state index contributed by atoms with van der Waals surface area (Å²) < 4.78 is 1.93. The molecule has 0 bridgehead atoms. The van der Waals surface area contributed by atoms with Gasteiger partial charge in [0.05, 0.1) is 17.6 Å². The van der Waals surface area contributed by atoms with E-state index in [9.17, 15) is 4.79 Å². The lowest BCUT2D eigenvalue weighted by Crippen LogP contribution is -2.23. The highest BCUT2D eigenvalue weighted by molar-refractivity contribution is 5.94. The van der Waals surface area contributed by atoms with Gasteiger partial charge in [-0.2, -0.15) is 10.2 Å². The third-order valence-electron chi connectivity index (χ3n) is 4.22. The first-order valence-electron chi connectivity index (χ1n) is 7.58. The number of rotatable bonds is 2. The average Bonchev–Trinajstić information content (AvgIpc) is 3.12. The van der Waals surface area contributed by atoms with Crippen molar-refractivity contribution in [3.05, 3.63) is 59.0 Å². The highest BCUT2D eigenvalue weighted by Crippen LogP contribution is 2.36. The zero-order valence-corrected chi connectivity index (χ0v) is 13.0. The van der Waals surface area contributed by atoms with E-state index in [1.165, 1.54) is 0 Å². The van der Waals surface area contributed by atoms with Crippen molar-refractivity contribution < 1.29 is 4.79 Å². The summed E-state index contributed by atoms with van der Waals surface area (Å²) in [5.41, 5.74) is 5.19. The minimum atomic E-state index is 0.00303. The largest absolute Gasteiger partial charge is 0.311 e. The Bertz CT molecular complexity index is 892. The van der Waals surface area contributed by atoms with Crippen molar-refractivity contribution in [3.8, 4) is 5.69 Å². The summed E-state index contributed by atoms with van der Waals surface area (Å²) in [5, 5.41) is 14.3. The molecule has 0 unspecified atom stereocenters. The van der Waals surface area contributed by atoms with Gasteiger partial charge in [0.2, 0.25) is 5.91 Å². The summed E-state index contributed by atoms with van der Waals surface area (Å²) in [7, 11) is 0. The Balaban J connectivity index is 1.78. The number of H-pyrrole nitrogens is 1. The standard InChI is InChI=1S/C17H17N5O/c1-10-6-11(2)22(21-10)13-5-3-4-12(7-13)14-8-16(23)19-17-15(14)9-18-20-17/h3-7,9,14H,8H2,1-2H3,(H2,18,19,20,23)/t14-/m0/s1. The molecule has 6 nitrogen and oxygen atoms in total. The molecule has 4 rings (SSSR count). The summed E-state index contributed by atoms with van der Waals surface area (Å²) in [6, 6.07) is 10.2. The molecule has 0 saturated carbocycles. The van der Waals surface area contributed by atoms with Crippen molar-refractivity contribution in [1.82, 2.24) is 20.0 Å². The molecule has 1 aliphatic rings. The number of anilines is 1. The maximum Gasteiger partial charge on any atom is 0.226 e. The molecule has 0 spiro atoms. The molecule has 6 heteroatoms. The van der Waals surface area contributed by atoms with Crippen LogP contribution in [0.5, 0.6) is 0 Å². The molecule has 1 atom stereocenters. The van der Waals surface area contributed by atoms with Crippen LogP contribution >= 0.6 is 0 Å². The van der Waals surface area contributed by atoms with E-state index in [0.717, 1.165) is 28.2 Å². The fraction of sp³-hybridized carbons (Fsp3) is 0.235. The van der Waals surface area contributed by atoms with Crippen LogP contribution in [0.15, 0.2) is 36.5 Å². The van der Waals surface area contributed by atoms with Crippen molar-refractivity contribution in [2.45, 2.75) is 26.2 Å². The molecule has 2 N–H and O–H groups in total. The lowest BCUT2D eigenvalue weighted by Gasteiger charge is -2.22. The van der Waals surface area contributed by atoms with Crippen molar-refractivity contribution in [3.63, 3.8) is 0 Å². The number of carbonyl (C=O) groups excluding carboxylic acids is 1. The van der Waals surface area contributed by atoms with Crippen molar-refractivity contribution in [2.24, 2.45) is 0 Å². The monoisotopic (exact) mass is 307 g/mol. The number of carbonyl (C=O) groups is 1. The molecule has 1 amide bonds. The van der Waals surface area contributed by atoms with Gasteiger partial charge in [0.25, 0.3) is 0 Å². The minimum Gasteiger partial charge on any atom is -0.311 e. The third-order valence-corrected chi connectivity index (χ3v) is 4.22. The van der Waals surface area contributed by atoms with Crippen LogP contribution in [0.2, 0.25) is 0 Å². The van der Waals surface area contributed by atoms with Gasteiger partial charge in [-0.3, -0.25) is 9.89 Å². The minimum absolute atomic E-state index is 0.00303. The van der Waals surface area contributed by atoms with Gasteiger partial charge in [-0.1, -0.05) is 12.1 Å². The van der Waals surface area contributed by atoms with Crippen LogP contribution in [0, 0.1) is 13.8 Å². The normalized spacial score (nSPS) is 17.0. The van der Waals surface area contributed by atoms with E-state index in [2.05, 4.69) is 38.8 Å². The third kappa shape index (κ3) is 2.32. The van der Waals surface area contributed by atoms with Gasteiger partial charge in [-0.25, -0.2) is 4.68 Å². The van der Waals surface area contributed by atoms with E-state index < -0.39 is 0 Å². The summed E-state index contributed by atoms with van der Waals surface area (Å²) in [6.07, 6.45) is 2.21. The predicted octanol–water partition coefficient (Wildman–Crippen LogP) is 2.69. The van der Waals surface area contributed by atoms with E-state index >= 15 is 0 Å². The molecule has 1 aliphatic heterocycles. The van der Waals surface area contributed by atoms with Gasteiger partial charge < -0.3 is 5.32 Å². The molecule has 1 aromatic carbocycles. The van der Waals surface area contributed by atoms with Crippen molar-refractivity contribution >= 4 is 11.7 Å². The molecular weight excluding hydrogens is 290 g/mol. The smallest absolute Gasteiger partial charge is 0.226 e. The second-order valence-corrected chi connectivity index (χ2v) is 5.94. The van der Waals surface area contributed by atoms with Gasteiger partial charge in [-0.15, -0.1) is 0 Å². The second kappa shape index (κ2) is 5.08. The number of aryl methyl sites for hydroxylation is 2. The molecule has 3 aromatic rings. The average molecular weight is 307 g/mol. The molecular formula is C17H17N5O. The first-order valence-corrected chi connectivity index (χ1v) is 7.58. The zero-order valence-electron chi connectivity index (χ0n) is 13.0. The van der Waals surface area contributed by atoms with E-state index in [-0.39, 0.29) is 11.8 Å². The van der Waals surface area contributed by atoms with Gasteiger partial charge in [0.1, 0.15) is 5.82 Å². The highest BCUT2D eigenvalue weighted by Gasteiger charge is 2.28. The lowest BCUT2D eigenvalue weighted by atomic mass is 9.87. The number of fused-ring (bicyclic) bond motifs is 1. The van der Waals surface area contributed by atoms with E-state index in [1.54, 1.807) is 6.20 Å². The number of aromatic nitrogens is 4. The van der Waals surface area contributed by atoms with Crippen LogP contribution in [0.4, 0.5) is 5.82 Å². The van der Waals surface area contributed by atoms with E-state index in [4.69, 9.17) is 0 Å². The van der Waals surface area contributed by atoms with Crippen LogP contribution in [0.25, 0.3) is 5.69 Å². The van der Waals surface area contributed by atoms with Gasteiger partial charge >= 0.3 is 0 Å². The van der Waals surface area contributed by atoms with Crippen LogP contribution in [-0.4, -0.2) is 25.9 Å². The zero-order chi connectivity index (χ0) is 16.0. The topological polar surface area (TPSA) is 75.6 Å². The number of aromatic amines is 1. The molecule has 0 fully saturated rings. The van der Waals surface area contributed by atoms with E-state index in [0.29, 0.717) is 12.2 Å². The fourth-order valence-corrected chi connectivity index (χ4v) is 3.21. The Morgan fingerprint density at radius 3 is 2.91 bits per heavy atom. The summed E-state index contributed by atoms with van der Waals surface area (Å²) >= 11 is 0. The van der Waals surface area contributed by atoms with Gasteiger partial charge in [-0.05, 0) is 37.6 Å². The first kappa shape index (κ1) is 13.8. The molecule has 0 saturated heterocycles. The molecule has 2 aromatic heterocycles. The SMILES string of the molecule is Cc1cc(C)n(-c2cccc([C@@H]3CC(=O)Nc4[nH]ncc43)c2)n1. The molecule has 0 radical (unpaired) electrons. The molecule has 3 heterocycles. The molecule has 23 heavy (non-hydrogen) atoms. The predicted molar refractivity (Wildman–Crippen MR) is 86.7 cm³/mol. The van der Waals surface area contributed by atoms with Gasteiger partial charge in [0.15, 0.2) is 0 Å². The quantitative estimate of drug-likeness (QED) is 0.764. The Kier molecular flexibility index (Phi) is 3.04. The Morgan fingerprint density at radius 1 is 1.26 bits per heavy atom. The summed E-state index contributed by atoms with van der Waals surface area (Å²) in [6.45, 7) is 4.02. The van der Waals surface area contributed by atoms with Crippen molar-refractivity contribution in [2.75, 3.05) is 5.32 Å².